The van der Waals surface area contributed by atoms with Crippen molar-refractivity contribution in [1.82, 2.24) is 4.90 Å². The van der Waals surface area contributed by atoms with Gasteiger partial charge in [-0.05, 0) is 63.3 Å². The van der Waals surface area contributed by atoms with Crippen LogP contribution >= 0.6 is 23.1 Å². The van der Waals surface area contributed by atoms with Crippen LogP contribution in [0.5, 0.6) is 0 Å². The lowest BCUT2D eigenvalue weighted by Crippen LogP contribution is -2.39. The van der Waals surface area contributed by atoms with Gasteiger partial charge in [-0.3, -0.25) is 9.59 Å². The van der Waals surface area contributed by atoms with Crippen LogP contribution in [0.4, 0.5) is 15.5 Å². The zero-order chi connectivity index (χ0) is 28.3. The zero-order valence-electron chi connectivity index (χ0n) is 23.1. The minimum absolute atomic E-state index is 0.0543. The summed E-state index contributed by atoms with van der Waals surface area (Å²) < 4.78 is 5.49. The molecule has 0 radical (unpaired) electrons. The monoisotopic (exact) mass is 556 g/mol. The highest BCUT2D eigenvalue weighted by molar-refractivity contribution is 8.00. The van der Waals surface area contributed by atoms with E-state index < -0.39 is 10.9 Å². The van der Waals surface area contributed by atoms with Crippen molar-refractivity contribution < 1.29 is 19.1 Å². The number of anilines is 2. The number of ether oxygens (including phenoxy) is 1. The van der Waals surface area contributed by atoms with E-state index in [9.17, 15) is 19.6 Å². The number of fused-ring (bicyclic) bond motifs is 1. The first-order chi connectivity index (χ1) is 17.6. The molecular weight excluding hydrogens is 520 g/mol. The Balaban J connectivity index is 1.65. The molecule has 204 valence electrons. The molecule has 2 aromatic rings. The van der Waals surface area contributed by atoms with Crippen LogP contribution in [0, 0.1) is 16.7 Å². The van der Waals surface area contributed by atoms with Crippen LogP contribution in [-0.4, -0.2) is 40.2 Å². The van der Waals surface area contributed by atoms with Gasteiger partial charge in [0.1, 0.15) is 16.7 Å². The Hall–Kier alpha value is -3.03. The molecule has 0 aliphatic carbocycles. The fraction of sp³-hybridized carbons (Fsp3) is 0.500. The van der Waals surface area contributed by atoms with E-state index >= 15 is 0 Å². The van der Waals surface area contributed by atoms with Gasteiger partial charge in [-0.25, -0.2) is 4.79 Å². The second-order valence-corrected chi connectivity index (χ2v) is 14.1. The van der Waals surface area contributed by atoms with Crippen LogP contribution in [0.15, 0.2) is 29.2 Å². The van der Waals surface area contributed by atoms with E-state index in [4.69, 9.17) is 4.74 Å². The predicted octanol–water partition coefficient (Wildman–Crippen LogP) is 6.41. The van der Waals surface area contributed by atoms with Crippen LogP contribution in [0.25, 0.3) is 0 Å². The van der Waals surface area contributed by atoms with E-state index in [1.807, 2.05) is 65.8 Å². The molecule has 0 spiro atoms. The summed E-state index contributed by atoms with van der Waals surface area (Å²) in [6.07, 6.45) is 0.551. The van der Waals surface area contributed by atoms with Gasteiger partial charge in [-0.2, -0.15) is 5.26 Å². The molecule has 0 bridgehead atoms. The van der Waals surface area contributed by atoms with Gasteiger partial charge in [0.2, 0.25) is 11.8 Å². The summed E-state index contributed by atoms with van der Waals surface area (Å²) in [7, 11) is 0. The second kappa shape index (κ2) is 11.8. The van der Waals surface area contributed by atoms with Crippen molar-refractivity contribution in [3.8, 4) is 6.07 Å². The molecule has 10 heteroatoms. The lowest BCUT2D eigenvalue weighted by molar-refractivity contribution is -0.118. The summed E-state index contributed by atoms with van der Waals surface area (Å²) in [5.74, 6) is -0.280. The third-order valence-electron chi connectivity index (χ3n) is 5.55. The normalized spacial score (nSPS) is 14.2. The van der Waals surface area contributed by atoms with Crippen LogP contribution in [-0.2, 0) is 27.3 Å². The molecule has 1 atom stereocenters. The Bertz CT molecular complexity index is 1250. The lowest BCUT2D eigenvalue weighted by Gasteiger charge is -2.29. The predicted molar refractivity (Wildman–Crippen MR) is 152 cm³/mol. The van der Waals surface area contributed by atoms with Gasteiger partial charge < -0.3 is 20.3 Å². The number of hydrogen-bond acceptors (Lipinski definition) is 7. The van der Waals surface area contributed by atoms with Crippen molar-refractivity contribution >= 4 is 51.7 Å². The summed E-state index contributed by atoms with van der Waals surface area (Å²) >= 11 is 2.70. The molecule has 2 N–H and O–H groups in total. The topological polar surface area (TPSA) is 112 Å². The molecule has 2 heterocycles. The number of carbonyl (C=O) groups excluding carboxylic acids is 3. The Labute approximate surface area is 233 Å². The number of thiophene rings is 1. The van der Waals surface area contributed by atoms with Crippen LogP contribution < -0.4 is 10.6 Å². The summed E-state index contributed by atoms with van der Waals surface area (Å²) in [4.78, 5) is 41.2. The van der Waals surface area contributed by atoms with Gasteiger partial charge in [0, 0.05) is 28.4 Å². The maximum atomic E-state index is 13.1. The lowest BCUT2D eigenvalue weighted by atomic mass is 9.92. The molecule has 0 saturated carbocycles. The van der Waals surface area contributed by atoms with Gasteiger partial charge in [-0.1, -0.05) is 26.8 Å². The molecule has 3 rings (SSSR count). The summed E-state index contributed by atoms with van der Waals surface area (Å²) in [6, 6.07) is 9.65. The molecular formula is C28H36N4O4S2. The molecule has 38 heavy (non-hydrogen) atoms. The van der Waals surface area contributed by atoms with Crippen LogP contribution in [0.2, 0.25) is 0 Å². The fourth-order valence-corrected chi connectivity index (χ4v) is 6.04. The molecule has 1 unspecified atom stereocenters. The molecule has 0 fully saturated rings. The number of carbonyl (C=O) groups is 3. The van der Waals surface area contributed by atoms with Gasteiger partial charge in [-0.15, -0.1) is 23.1 Å². The third-order valence-corrected chi connectivity index (χ3v) is 7.77. The maximum Gasteiger partial charge on any atom is 0.410 e. The Morgan fingerprint density at radius 1 is 1.18 bits per heavy atom. The van der Waals surface area contributed by atoms with Gasteiger partial charge >= 0.3 is 6.09 Å². The van der Waals surface area contributed by atoms with Crippen molar-refractivity contribution in [1.29, 1.82) is 5.26 Å². The quantitative estimate of drug-likeness (QED) is 0.398. The van der Waals surface area contributed by atoms with Gasteiger partial charge in [0.25, 0.3) is 0 Å². The molecule has 1 aliphatic rings. The standard InChI is InChI=1S/C28H36N4O4S2/c1-17(37-19-10-8-9-18(13-19)30-23(33)14-27(2,3)4)24(34)31-25-21(15-29)20-11-12-32(16-22(20)38-25)26(35)36-28(5,6)7/h8-10,13,17H,11-12,14,16H2,1-7H3,(H,30,33)(H,31,34). The van der Waals surface area contributed by atoms with Crippen molar-refractivity contribution in [2.45, 2.75) is 83.6 Å². The first kappa shape index (κ1) is 29.5. The van der Waals surface area contributed by atoms with Gasteiger partial charge in [0.15, 0.2) is 0 Å². The second-order valence-electron chi connectivity index (χ2n) is 11.5. The van der Waals surface area contributed by atoms with Crippen molar-refractivity contribution in [3.63, 3.8) is 0 Å². The number of nitriles is 1. The SMILES string of the molecule is CC(Sc1cccc(NC(=O)CC(C)(C)C)c1)C(=O)Nc1sc2c(c1C#N)CCN(C(=O)OC(C)(C)C)C2. The minimum atomic E-state index is -0.588. The van der Waals surface area contributed by atoms with Crippen LogP contribution in [0.1, 0.15) is 70.9 Å². The molecule has 1 aliphatic heterocycles. The Kier molecular flexibility index (Phi) is 9.16. The highest BCUT2D eigenvalue weighted by atomic mass is 32.2. The van der Waals surface area contributed by atoms with E-state index in [-0.39, 0.29) is 23.3 Å². The molecule has 1 aromatic heterocycles. The summed E-state index contributed by atoms with van der Waals surface area (Å²) in [6.45, 7) is 14.1. The van der Waals surface area contributed by atoms with Crippen LogP contribution in [0.3, 0.4) is 0 Å². The first-order valence-electron chi connectivity index (χ1n) is 12.5. The largest absolute Gasteiger partial charge is 0.444 e. The Morgan fingerprint density at radius 2 is 1.89 bits per heavy atom. The molecule has 3 amide bonds. The summed E-state index contributed by atoms with van der Waals surface area (Å²) in [5.41, 5.74) is 1.33. The average Bonchev–Trinajstić information content (AvgIpc) is 3.12. The third kappa shape index (κ3) is 8.23. The number of rotatable bonds is 6. The number of nitrogens with zero attached hydrogens (tertiary/aromatic N) is 2. The number of nitrogens with one attached hydrogen (secondary N) is 2. The highest BCUT2D eigenvalue weighted by Gasteiger charge is 2.30. The molecule has 0 saturated heterocycles. The summed E-state index contributed by atoms with van der Waals surface area (Å²) in [5, 5.41) is 15.7. The highest BCUT2D eigenvalue weighted by Crippen LogP contribution is 2.37. The molecule has 1 aromatic carbocycles. The number of benzene rings is 1. The maximum absolute atomic E-state index is 13.1. The zero-order valence-corrected chi connectivity index (χ0v) is 24.7. The van der Waals surface area contributed by atoms with E-state index in [2.05, 4.69) is 16.7 Å². The van der Waals surface area contributed by atoms with Crippen molar-refractivity contribution in [3.05, 3.63) is 40.3 Å². The van der Waals surface area contributed by atoms with Crippen molar-refractivity contribution in [2.24, 2.45) is 5.41 Å². The fourth-order valence-electron chi connectivity index (χ4n) is 3.90. The van der Waals surface area contributed by atoms with E-state index in [0.29, 0.717) is 42.2 Å². The minimum Gasteiger partial charge on any atom is -0.444 e. The number of thioether (sulfide) groups is 1. The smallest absolute Gasteiger partial charge is 0.410 e. The molecule has 8 nitrogen and oxygen atoms in total. The van der Waals surface area contributed by atoms with E-state index in [1.54, 1.807) is 11.8 Å². The Morgan fingerprint density at radius 3 is 2.53 bits per heavy atom. The van der Waals surface area contributed by atoms with E-state index in [0.717, 1.165) is 15.3 Å². The first-order valence-corrected chi connectivity index (χ1v) is 14.2. The van der Waals surface area contributed by atoms with Gasteiger partial charge in [0.05, 0.1) is 17.4 Å². The number of hydrogen-bond donors (Lipinski definition) is 2. The van der Waals surface area contributed by atoms with Crippen molar-refractivity contribution in [2.75, 3.05) is 17.2 Å². The van der Waals surface area contributed by atoms with E-state index in [1.165, 1.54) is 23.1 Å². The average molecular weight is 557 g/mol. The number of amides is 3.